The van der Waals surface area contributed by atoms with Gasteiger partial charge in [0.2, 0.25) is 0 Å². The van der Waals surface area contributed by atoms with Crippen LogP contribution in [0.4, 0.5) is 0 Å². The molecular formula is C65H72Br2ClN. The number of nitrogens with zero attached hydrogens (tertiary/aromatic N) is 1. The molecule has 0 unspecified atom stereocenters. The molecule has 0 aliphatic rings. The van der Waals surface area contributed by atoms with Crippen LogP contribution in [0.5, 0.6) is 0 Å². The molecule has 0 aliphatic carbocycles. The minimum absolute atomic E-state index is 0.516. The van der Waals surface area contributed by atoms with Crippen LogP contribution in [0.1, 0.15) is 145 Å². The van der Waals surface area contributed by atoms with Gasteiger partial charge in [0.1, 0.15) is 0 Å². The molecule has 8 aromatic carbocycles. The minimum atomic E-state index is 0.516. The molecule has 0 spiro atoms. The Morgan fingerprint density at radius 2 is 0.797 bits per heavy atom. The number of hydrogen-bond acceptors (Lipinski definition) is 1. The predicted molar refractivity (Wildman–Crippen MR) is 313 cm³/mol. The van der Waals surface area contributed by atoms with Crippen LogP contribution in [0.25, 0.3) is 43.6 Å². The van der Waals surface area contributed by atoms with Crippen molar-refractivity contribution in [1.29, 1.82) is 0 Å². The van der Waals surface area contributed by atoms with Crippen molar-refractivity contribution in [3.63, 3.8) is 0 Å². The van der Waals surface area contributed by atoms with Gasteiger partial charge in [-0.3, -0.25) is 4.98 Å². The van der Waals surface area contributed by atoms with Gasteiger partial charge >= 0.3 is 0 Å². The van der Waals surface area contributed by atoms with Crippen molar-refractivity contribution in [2.75, 3.05) is 0 Å². The van der Waals surface area contributed by atoms with E-state index in [9.17, 15) is 0 Å². The first-order chi connectivity index (χ1) is 32.9. The zero-order valence-corrected chi connectivity index (χ0v) is 46.8. The van der Waals surface area contributed by atoms with Gasteiger partial charge in [-0.25, -0.2) is 0 Å². The quantitative estimate of drug-likeness (QED) is 0.155. The van der Waals surface area contributed by atoms with Crippen LogP contribution in [-0.2, 0) is 6.42 Å². The van der Waals surface area contributed by atoms with Gasteiger partial charge in [-0.05, 0) is 145 Å². The second-order valence-corrected chi connectivity index (χ2v) is 21.5. The summed E-state index contributed by atoms with van der Waals surface area (Å²) in [4.78, 5) is 4.62. The van der Waals surface area contributed by atoms with E-state index in [1.807, 2.05) is 13.0 Å². The zero-order chi connectivity index (χ0) is 50.2. The molecule has 1 nitrogen and oxygen atoms in total. The van der Waals surface area contributed by atoms with Gasteiger partial charge in [0.15, 0.2) is 0 Å². The van der Waals surface area contributed by atoms with Crippen LogP contribution in [0.3, 0.4) is 0 Å². The first-order valence-corrected chi connectivity index (χ1v) is 26.6. The summed E-state index contributed by atoms with van der Waals surface area (Å²) in [5.41, 5.74) is 12.7. The molecule has 0 saturated heterocycles. The van der Waals surface area contributed by atoms with Crippen LogP contribution < -0.4 is 0 Å². The lowest BCUT2D eigenvalue weighted by atomic mass is 9.99. The molecule has 0 saturated carbocycles. The third-order valence-electron chi connectivity index (χ3n) is 12.4. The molecule has 0 N–H and O–H groups in total. The van der Waals surface area contributed by atoms with Gasteiger partial charge in [-0.2, -0.15) is 0 Å². The van der Waals surface area contributed by atoms with Gasteiger partial charge in [-0.1, -0.05) is 259 Å². The van der Waals surface area contributed by atoms with Gasteiger partial charge in [-0.15, -0.1) is 0 Å². The summed E-state index contributed by atoms with van der Waals surface area (Å²) < 4.78 is 2.29. The lowest BCUT2D eigenvalue weighted by Crippen LogP contribution is -1.96. The highest BCUT2D eigenvalue weighted by atomic mass is 79.9. The molecule has 0 radical (unpaired) electrons. The van der Waals surface area contributed by atoms with E-state index in [4.69, 9.17) is 11.6 Å². The summed E-state index contributed by atoms with van der Waals surface area (Å²) in [6.07, 6.45) is 0.930. The standard InChI is InChI=1S/C15H18ClN.C15H16.C13H13Br.C13H14.C9H11Br/c1-5-12-10(4)17-14-7-6-11(9(2)3)8-13(14)15(12)16;1-12(2)13-8-10-15(11-9-13)14-6-4-3-5-7-14;1-9(2)10-3-4-12-8-13(14)6-5-11(12)7-10;1-10(2)12-8-7-11-5-3-4-6-13(11)9-12;1-7(2)8-3-5-9(10)6-4-8/h6-9H,5H2,1-4H3;3-12H,1-2H3;3-9H,1-2H3;3-10H,1-2H3;3-7H,1-2H3. The molecule has 1 aromatic heterocycles. The van der Waals surface area contributed by atoms with E-state index in [0.29, 0.717) is 29.6 Å². The van der Waals surface area contributed by atoms with Crippen molar-refractivity contribution in [2.45, 2.75) is 119 Å². The molecule has 4 heteroatoms. The summed E-state index contributed by atoms with van der Waals surface area (Å²) in [5.74, 6) is 2.97. The molecule has 0 aliphatic heterocycles. The average Bonchev–Trinajstić information content (AvgIpc) is 3.35. The van der Waals surface area contributed by atoms with Gasteiger partial charge in [0.25, 0.3) is 0 Å². The summed E-state index contributed by atoms with van der Waals surface area (Å²) in [6, 6.07) is 62.4. The smallest absolute Gasteiger partial charge is 0.0720 e. The SMILES string of the molecule is CC(C)c1ccc(-c2ccccc2)cc1.CC(C)c1ccc(Br)cc1.CC(C)c1ccc2cc(Br)ccc2c1.CC(C)c1ccc2ccccc2c1.CCc1c(C)nc2ccc(C(C)C)cc2c1Cl. The first-order valence-electron chi connectivity index (χ1n) is 24.6. The van der Waals surface area contributed by atoms with Crippen LogP contribution in [0, 0.1) is 6.92 Å². The Labute approximate surface area is 437 Å². The van der Waals surface area contributed by atoms with Gasteiger partial charge < -0.3 is 0 Å². The fraction of sp³-hybridized carbons (Fsp3) is 0.277. The molecule has 0 fully saturated rings. The number of halogens is 3. The number of fused-ring (bicyclic) bond motifs is 3. The Balaban J connectivity index is 0.000000162. The Kier molecular flexibility index (Phi) is 21.3. The number of pyridine rings is 1. The Bertz CT molecular complexity index is 2990. The molecule has 0 amide bonds. The van der Waals surface area contributed by atoms with E-state index in [2.05, 4.69) is 283 Å². The van der Waals surface area contributed by atoms with Gasteiger partial charge in [0.05, 0.1) is 10.5 Å². The second kappa shape index (κ2) is 26.8. The van der Waals surface area contributed by atoms with Crippen LogP contribution >= 0.6 is 43.5 Å². The van der Waals surface area contributed by atoms with Crippen molar-refractivity contribution >= 4 is 75.9 Å². The fourth-order valence-corrected chi connectivity index (χ4v) is 8.93. The summed E-state index contributed by atoms with van der Waals surface area (Å²) >= 11 is 13.4. The van der Waals surface area contributed by atoms with E-state index >= 15 is 0 Å². The molecule has 358 valence electrons. The number of aromatic nitrogens is 1. The number of aryl methyl sites for hydroxylation is 1. The molecule has 1 heterocycles. The van der Waals surface area contributed by atoms with Crippen LogP contribution in [0.2, 0.25) is 5.02 Å². The van der Waals surface area contributed by atoms with Crippen molar-refractivity contribution in [3.05, 3.63) is 229 Å². The van der Waals surface area contributed by atoms with E-state index < -0.39 is 0 Å². The number of hydrogen-bond donors (Lipinski definition) is 0. The maximum absolute atomic E-state index is 6.48. The normalized spacial score (nSPS) is 11.0. The fourth-order valence-electron chi connectivity index (χ4n) is 7.87. The zero-order valence-electron chi connectivity index (χ0n) is 42.9. The van der Waals surface area contributed by atoms with Crippen molar-refractivity contribution in [1.82, 2.24) is 4.98 Å². The molecule has 9 rings (SSSR count). The summed E-state index contributed by atoms with van der Waals surface area (Å²) in [6.45, 7) is 26.3. The van der Waals surface area contributed by atoms with E-state index in [1.165, 1.54) is 66.1 Å². The maximum atomic E-state index is 6.48. The highest BCUT2D eigenvalue weighted by molar-refractivity contribution is 9.10. The molecular weight excluding hydrogens is 990 g/mol. The Morgan fingerprint density at radius 1 is 0.406 bits per heavy atom. The highest BCUT2D eigenvalue weighted by Crippen LogP contribution is 2.31. The Hall–Kier alpha value is -5.06. The molecule has 0 atom stereocenters. The molecule has 0 bridgehead atoms. The average molecular weight is 1060 g/mol. The number of rotatable bonds is 7. The first kappa shape index (κ1) is 54.9. The van der Waals surface area contributed by atoms with Gasteiger partial charge in [0, 0.05) is 20.0 Å². The van der Waals surface area contributed by atoms with Crippen molar-refractivity contribution in [3.8, 4) is 11.1 Å². The summed E-state index contributed by atoms with van der Waals surface area (Å²) in [5, 5.41) is 7.24. The third kappa shape index (κ3) is 16.2. The minimum Gasteiger partial charge on any atom is -0.253 e. The van der Waals surface area contributed by atoms with Crippen LogP contribution in [0.15, 0.2) is 185 Å². The van der Waals surface area contributed by atoms with Crippen molar-refractivity contribution in [2.24, 2.45) is 0 Å². The highest BCUT2D eigenvalue weighted by Gasteiger charge is 2.11. The largest absolute Gasteiger partial charge is 0.253 e. The lowest BCUT2D eigenvalue weighted by molar-refractivity contribution is 0.866. The maximum Gasteiger partial charge on any atom is 0.0720 e. The topological polar surface area (TPSA) is 12.9 Å². The van der Waals surface area contributed by atoms with Crippen LogP contribution in [-0.4, -0.2) is 4.98 Å². The Morgan fingerprint density at radius 3 is 1.33 bits per heavy atom. The lowest BCUT2D eigenvalue weighted by Gasteiger charge is -2.12. The molecule has 69 heavy (non-hydrogen) atoms. The van der Waals surface area contributed by atoms with E-state index in [-0.39, 0.29) is 0 Å². The molecule has 9 aromatic rings. The predicted octanol–water partition coefficient (Wildman–Crippen LogP) is 21.6. The summed E-state index contributed by atoms with van der Waals surface area (Å²) in [7, 11) is 0. The monoisotopic (exact) mass is 1060 g/mol. The van der Waals surface area contributed by atoms with Crippen molar-refractivity contribution < 1.29 is 0 Å². The van der Waals surface area contributed by atoms with E-state index in [0.717, 1.165) is 37.0 Å². The third-order valence-corrected chi connectivity index (χ3v) is 13.9. The van der Waals surface area contributed by atoms with E-state index in [1.54, 1.807) is 0 Å². The number of benzene rings is 8. The second-order valence-electron chi connectivity index (χ2n) is 19.3.